The zero-order valence-electron chi connectivity index (χ0n) is 9.29. The molecule has 80 valence electrons. The Morgan fingerprint density at radius 2 is 2.21 bits per heavy atom. The van der Waals surface area contributed by atoms with E-state index in [1.807, 2.05) is 25.3 Å². The summed E-state index contributed by atoms with van der Waals surface area (Å²) in [6, 6.07) is 2.41. The van der Waals surface area contributed by atoms with Gasteiger partial charge in [0.05, 0.1) is 0 Å². The third-order valence-electron chi connectivity index (χ3n) is 2.29. The molecule has 0 radical (unpaired) electrons. The van der Waals surface area contributed by atoms with Crippen LogP contribution in [0.2, 0.25) is 0 Å². The lowest BCUT2D eigenvalue weighted by molar-refractivity contribution is 0.0548. The van der Waals surface area contributed by atoms with Crippen LogP contribution < -0.4 is 5.32 Å². The summed E-state index contributed by atoms with van der Waals surface area (Å²) in [6.07, 6.45) is 0. The second kappa shape index (κ2) is 4.43. The Labute approximate surface area is 90.0 Å². The van der Waals surface area contributed by atoms with Crippen molar-refractivity contribution in [3.8, 4) is 0 Å². The number of hydrogen-bond donors (Lipinski definition) is 2. The van der Waals surface area contributed by atoms with Gasteiger partial charge in [-0.1, -0.05) is 13.8 Å². The Bertz CT molecular complexity index is 291. The van der Waals surface area contributed by atoms with Gasteiger partial charge >= 0.3 is 0 Å². The molecule has 1 atom stereocenters. The molecule has 1 heterocycles. The van der Waals surface area contributed by atoms with Crippen molar-refractivity contribution in [1.29, 1.82) is 0 Å². The van der Waals surface area contributed by atoms with E-state index in [2.05, 4.69) is 19.2 Å². The highest BCUT2D eigenvalue weighted by atomic mass is 32.1. The monoisotopic (exact) mass is 213 g/mol. The fourth-order valence-corrected chi connectivity index (χ4v) is 2.26. The smallest absolute Gasteiger partial charge is 0.100 e. The van der Waals surface area contributed by atoms with Crippen molar-refractivity contribution in [3.63, 3.8) is 0 Å². The van der Waals surface area contributed by atoms with Gasteiger partial charge in [0.15, 0.2) is 0 Å². The summed E-state index contributed by atoms with van der Waals surface area (Å²) in [5, 5.41) is 15.5. The van der Waals surface area contributed by atoms with Crippen LogP contribution in [0.25, 0.3) is 0 Å². The van der Waals surface area contributed by atoms with Crippen LogP contribution in [-0.4, -0.2) is 17.7 Å². The van der Waals surface area contributed by atoms with Crippen molar-refractivity contribution in [2.24, 2.45) is 0 Å². The van der Waals surface area contributed by atoms with Crippen LogP contribution in [0.4, 0.5) is 0 Å². The SMILES string of the molecule is Cc1sccc1C(C)(O)CNC(C)C. The predicted molar refractivity (Wildman–Crippen MR) is 61.8 cm³/mol. The molecule has 0 aliphatic carbocycles. The maximum absolute atomic E-state index is 10.2. The summed E-state index contributed by atoms with van der Waals surface area (Å²) >= 11 is 1.68. The lowest BCUT2D eigenvalue weighted by atomic mass is 9.96. The molecule has 14 heavy (non-hydrogen) atoms. The molecule has 3 heteroatoms. The standard InChI is InChI=1S/C11H19NOS/c1-8(2)12-7-11(4,13)10-5-6-14-9(10)3/h5-6,8,12-13H,7H2,1-4H3. The minimum absolute atomic E-state index is 0.403. The van der Waals surface area contributed by atoms with Gasteiger partial charge in [-0.25, -0.2) is 0 Å². The van der Waals surface area contributed by atoms with Crippen LogP contribution in [0.1, 0.15) is 31.2 Å². The van der Waals surface area contributed by atoms with E-state index in [4.69, 9.17) is 0 Å². The highest BCUT2D eigenvalue weighted by molar-refractivity contribution is 7.10. The minimum Gasteiger partial charge on any atom is -0.384 e. The molecule has 1 aromatic heterocycles. The van der Waals surface area contributed by atoms with E-state index in [0.29, 0.717) is 12.6 Å². The second-order valence-electron chi connectivity index (χ2n) is 4.20. The number of aliphatic hydroxyl groups is 1. The molecule has 2 N–H and O–H groups in total. The first kappa shape index (κ1) is 11.7. The Kier molecular flexibility index (Phi) is 3.70. The van der Waals surface area contributed by atoms with Crippen LogP contribution in [0.15, 0.2) is 11.4 Å². The third-order valence-corrected chi connectivity index (χ3v) is 3.14. The van der Waals surface area contributed by atoms with Gasteiger partial charge < -0.3 is 10.4 Å². The van der Waals surface area contributed by atoms with E-state index < -0.39 is 5.60 Å². The van der Waals surface area contributed by atoms with E-state index in [1.54, 1.807) is 11.3 Å². The van der Waals surface area contributed by atoms with Gasteiger partial charge in [-0.3, -0.25) is 0 Å². The molecule has 0 fully saturated rings. The van der Waals surface area contributed by atoms with Crippen LogP contribution in [0, 0.1) is 6.92 Å². The molecule has 0 aromatic carbocycles. The molecule has 0 bridgehead atoms. The van der Waals surface area contributed by atoms with E-state index in [1.165, 1.54) is 4.88 Å². The summed E-state index contributed by atoms with van der Waals surface area (Å²) in [7, 11) is 0. The number of thiophene rings is 1. The van der Waals surface area contributed by atoms with E-state index in [9.17, 15) is 5.11 Å². The molecular formula is C11H19NOS. The van der Waals surface area contributed by atoms with Gasteiger partial charge in [0, 0.05) is 17.5 Å². The van der Waals surface area contributed by atoms with Crippen LogP contribution in [0.3, 0.4) is 0 Å². The summed E-state index contributed by atoms with van der Waals surface area (Å²) < 4.78 is 0. The Balaban J connectivity index is 2.70. The molecule has 0 saturated carbocycles. The number of rotatable bonds is 4. The van der Waals surface area contributed by atoms with Crippen molar-refractivity contribution in [3.05, 3.63) is 21.9 Å². The van der Waals surface area contributed by atoms with Gasteiger partial charge in [0.1, 0.15) is 5.60 Å². The number of aryl methyl sites for hydroxylation is 1. The van der Waals surface area contributed by atoms with E-state index >= 15 is 0 Å². The summed E-state index contributed by atoms with van der Waals surface area (Å²) in [6.45, 7) is 8.66. The third kappa shape index (κ3) is 2.80. The zero-order valence-corrected chi connectivity index (χ0v) is 10.1. The van der Waals surface area contributed by atoms with Gasteiger partial charge in [-0.2, -0.15) is 0 Å². The van der Waals surface area contributed by atoms with Gasteiger partial charge in [-0.15, -0.1) is 11.3 Å². The molecule has 1 unspecified atom stereocenters. The molecule has 0 aliphatic rings. The van der Waals surface area contributed by atoms with Gasteiger partial charge in [-0.05, 0) is 30.9 Å². The molecule has 0 aliphatic heterocycles. The first-order chi connectivity index (χ1) is 6.43. The maximum atomic E-state index is 10.2. The van der Waals surface area contributed by atoms with E-state index in [0.717, 1.165) is 5.56 Å². The highest BCUT2D eigenvalue weighted by Gasteiger charge is 2.25. The summed E-state index contributed by atoms with van der Waals surface area (Å²) in [5.74, 6) is 0. The molecule has 1 aromatic rings. The van der Waals surface area contributed by atoms with Crippen LogP contribution >= 0.6 is 11.3 Å². The highest BCUT2D eigenvalue weighted by Crippen LogP contribution is 2.27. The Hall–Kier alpha value is -0.380. The topological polar surface area (TPSA) is 32.3 Å². The normalized spacial score (nSPS) is 15.9. The Morgan fingerprint density at radius 1 is 1.57 bits per heavy atom. The molecule has 0 saturated heterocycles. The van der Waals surface area contributed by atoms with Crippen molar-refractivity contribution in [2.45, 2.75) is 39.3 Å². The predicted octanol–water partition coefficient (Wildman–Crippen LogP) is 2.26. The number of hydrogen-bond acceptors (Lipinski definition) is 3. The van der Waals surface area contributed by atoms with Crippen molar-refractivity contribution in [1.82, 2.24) is 5.32 Å². The zero-order chi connectivity index (χ0) is 10.8. The lowest BCUT2D eigenvalue weighted by Gasteiger charge is -2.25. The summed E-state index contributed by atoms with van der Waals surface area (Å²) in [5.41, 5.74) is 0.282. The Morgan fingerprint density at radius 3 is 2.64 bits per heavy atom. The second-order valence-corrected chi connectivity index (χ2v) is 5.32. The quantitative estimate of drug-likeness (QED) is 0.804. The fraction of sp³-hybridized carbons (Fsp3) is 0.636. The largest absolute Gasteiger partial charge is 0.384 e. The molecule has 0 spiro atoms. The lowest BCUT2D eigenvalue weighted by Crippen LogP contribution is -2.38. The first-order valence-electron chi connectivity index (χ1n) is 4.94. The van der Waals surface area contributed by atoms with Crippen LogP contribution in [-0.2, 0) is 5.60 Å². The average molecular weight is 213 g/mol. The summed E-state index contributed by atoms with van der Waals surface area (Å²) in [4.78, 5) is 1.19. The first-order valence-corrected chi connectivity index (χ1v) is 5.82. The van der Waals surface area contributed by atoms with Crippen molar-refractivity contribution >= 4 is 11.3 Å². The van der Waals surface area contributed by atoms with Crippen LogP contribution in [0.5, 0.6) is 0 Å². The average Bonchev–Trinajstić information content (AvgIpc) is 2.48. The molecule has 0 amide bonds. The molecule has 2 nitrogen and oxygen atoms in total. The molecule has 1 rings (SSSR count). The maximum Gasteiger partial charge on any atom is 0.100 e. The molecular weight excluding hydrogens is 194 g/mol. The van der Waals surface area contributed by atoms with Gasteiger partial charge in [0.2, 0.25) is 0 Å². The minimum atomic E-state index is -0.756. The van der Waals surface area contributed by atoms with Gasteiger partial charge in [0.25, 0.3) is 0 Å². The van der Waals surface area contributed by atoms with Crippen molar-refractivity contribution < 1.29 is 5.11 Å². The van der Waals surface area contributed by atoms with Crippen molar-refractivity contribution in [2.75, 3.05) is 6.54 Å². The van der Waals surface area contributed by atoms with E-state index in [-0.39, 0.29) is 0 Å². The number of nitrogens with one attached hydrogen (secondary N) is 1. The fourth-order valence-electron chi connectivity index (χ4n) is 1.44.